The van der Waals surface area contributed by atoms with E-state index in [1.54, 1.807) is 0 Å². The molecule has 2 heterocycles. The molecule has 0 saturated carbocycles. The zero-order valence-electron chi connectivity index (χ0n) is 9.05. The van der Waals surface area contributed by atoms with E-state index in [1.165, 1.54) is 18.6 Å². The van der Waals surface area contributed by atoms with Crippen molar-refractivity contribution < 1.29 is 14.3 Å². The van der Waals surface area contributed by atoms with Gasteiger partial charge in [-0.2, -0.15) is 0 Å². The van der Waals surface area contributed by atoms with Crippen LogP contribution < -0.4 is 10.5 Å². The van der Waals surface area contributed by atoms with Crippen LogP contribution in [-0.4, -0.2) is 42.4 Å². The number of primary amides is 1. The van der Waals surface area contributed by atoms with Crippen LogP contribution in [0.25, 0.3) is 0 Å². The van der Waals surface area contributed by atoms with E-state index >= 15 is 0 Å². The smallest absolute Gasteiger partial charge is 0.404 e. The molecule has 0 bridgehead atoms. The number of ether oxygens (including phenoxy) is 2. The molecule has 2 aliphatic rings. The number of carbonyl (C=O) groups is 1. The largest absolute Gasteiger partial charge is 0.448 e. The molecule has 92 valence electrons. The van der Waals surface area contributed by atoms with E-state index in [2.05, 4.69) is 9.03 Å². The van der Waals surface area contributed by atoms with Crippen molar-refractivity contribution >= 4 is 18.2 Å². The molecule has 2 atom stereocenters. The third-order valence-corrected chi connectivity index (χ3v) is 3.75. The first-order valence-corrected chi connectivity index (χ1v) is 6.26. The zero-order chi connectivity index (χ0) is 11.4. The average molecular weight is 247 g/mol. The molecule has 0 aromatic carbocycles. The van der Waals surface area contributed by atoms with Crippen molar-refractivity contribution in [3.05, 3.63) is 0 Å². The highest BCUT2D eigenvalue weighted by molar-refractivity contribution is 7.95. The number of carbonyl (C=O) groups excluding carboxylic acids is 1. The number of nitrogens with two attached hydrogens (primary N) is 1. The Bertz CT molecular complexity index is 248. The second kappa shape index (κ2) is 5.72. The fraction of sp³-hybridized carbons (Fsp3) is 0.889. The Labute approximate surface area is 99.1 Å². The fourth-order valence-electron chi connectivity index (χ4n) is 1.90. The number of nitrogens with zero attached hydrogens (tertiary/aromatic N) is 1. The van der Waals surface area contributed by atoms with Crippen molar-refractivity contribution in [2.45, 2.75) is 31.5 Å². The maximum atomic E-state index is 10.6. The molecular weight excluding hydrogens is 230 g/mol. The van der Waals surface area contributed by atoms with Gasteiger partial charge in [-0.05, 0) is 19.3 Å². The normalized spacial score (nSPS) is 31.5. The van der Waals surface area contributed by atoms with Crippen molar-refractivity contribution in [2.75, 3.05) is 19.8 Å². The third-order valence-electron chi connectivity index (χ3n) is 2.71. The van der Waals surface area contributed by atoms with E-state index in [4.69, 9.17) is 15.2 Å². The van der Waals surface area contributed by atoms with E-state index in [0.717, 1.165) is 26.0 Å². The molecule has 3 N–H and O–H groups in total. The molecule has 0 aromatic rings. The molecule has 0 aliphatic carbocycles. The summed E-state index contributed by atoms with van der Waals surface area (Å²) in [6, 6.07) is 0.139. The Morgan fingerprint density at radius 2 is 2.50 bits per heavy atom. The number of amides is 1. The SMILES string of the molecule is NC(=O)OCC1CNSN1C1CCCCO1. The second-order valence-corrected chi connectivity index (χ2v) is 4.80. The molecule has 7 heteroatoms. The lowest BCUT2D eigenvalue weighted by molar-refractivity contribution is -0.0601. The van der Waals surface area contributed by atoms with Gasteiger partial charge in [0.25, 0.3) is 0 Å². The van der Waals surface area contributed by atoms with Gasteiger partial charge in [0.1, 0.15) is 12.8 Å². The number of hydrogen-bond donors (Lipinski definition) is 2. The maximum Gasteiger partial charge on any atom is 0.404 e. The summed E-state index contributed by atoms with van der Waals surface area (Å²) in [7, 11) is 0. The van der Waals surface area contributed by atoms with E-state index in [1.807, 2.05) is 0 Å². The first-order valence-electron chi connectivity index (χ1n) is 5.49. The lowest BCUT2D eigenvalue weighted by atomic mass is 10.1. The lowest BCUT2D eigenvalue weighted by Gasteiger charge is -2.32. The molecule has 1 amide bonds. The zero-order valence-corrected chi connectivity index (χ0v) is 9.87. The molecular formula is C9H17N3O3S. The highest BCUT2D eigenvalue weighted by Gasteiger charge is 2.34. The van der Waals surface area contributed by atoms with Gasteiger partial charge >= 0.3 is 6.09 Å². The third kappa shape index (κ3) is 3.00. The predicted octanol–water partition coefficient (Wildman–Crippen LogP) is 0.445. The van der Waals surface area contributed by atoms with Crippen LogP contribution in [0.3, 0.4) is 0 Å². The van der Waals surface area contributed by atoms with Gasteiger partial charge in [-0.1, -0.05) is 0 Å². The van der Waals surface area contributed by atoms with Crippen LogP contribution in [-0.2, 0) is 9.47 Å². The van der Waals surface area contributed by atoms with Crippen LogP contribution in [0.2, 0.25) is 0 Å². The molecule has 2 saturated heterocycles. The molecule has 2 fully saturated rings. The summed E-state index contributed by atoms with van der Waals surface area (Å²) >= 11 is 1.53. The van der Waals surface area contributed by atoms with Gasteiger partial charge in [0.2, 0.25) is 0 Å². The summed E-state index contributed by atoms with van der Waals surface area (Å²) in [4.78, 5) is 10.6. The van der Waals surface area contributed by atoms with E-state index in [0.29, 0.717) is 6.61 Å². The van der Waals surface area contributed by atoms with Gasteiger partial charge in [0, 0.05) is 25.3 Å². The Balaban J connectivity index is 1.84. The summed E-state index contributed by atoms with van der Waals surface area (Å²) in [5.41, 5.74) is 4.96. The van der Waals surface area contributed by atoms with Crippen molar-refractivity contribution in [2.24, 2.45) is 5.73 Å². The number of rotatable bonds is 3. The molecule has 0 radical (unpaired) electrons. The van der Waals surface area contributed by atoms with E-state index in [9.17, 15) is 4.79 Å². The molecule has 2 aliphatic heterocycles. The molecule has 2 unspecified atom stereocenters. The second-order valence-electron chi connectivity index (χ2n) is 3.90. The first kappa shape index (κ1) is 12.0. The maximum absolute atomic E-state index is 10.6. The Morgan fingerprint density at radius 1 is 1.62 bits per heavy atom. The molecule has 0 spiro atoms. The van der Waals surface area contributed by atoms with E-state index < -0.39 is 6.09 Å². The van der Waals surface area contributed by atoms with Gasteiger partial charge in [-0.3, -0.25) is 0 Å². The van der Waals surface area contributed by atoms with Crippen molar-refractivity contribution in [3.8, 4) is 0 Å². The van der Waals surface area contributed by atoms with Gasteiger partial charge in [-0.25, -0.2) is 13.8 Å². The van der Waals surface area contributed by atoms with Crippen molar-refractivity contribution in [1.29, 1.82) is 0 Å². The first-order chi connectivity index (χ1) is 7.77. The van der Waals surface area contributed by atoms with Gasteiger partial charge < -0.3 is 15.2 Å². The minimum Gasteiger partial charge on any atom is -0.448 e. The summed E-state index contributed by atoms with van der Waals surface area (Å²) < 4.78 is 15.8. The highest BCUT2D eigenvalue weighted by Crippen LogP contribution is 2.28. The summed E-state index contributed by atoms with van der Waals surface area (Å²) in [5.74, 6) is 0. The number of hydrogen-bond acceptors (Lipinski definition) is 6. The average Bonchev–Trinajstić information content (AvgIpc) is 2.75. The van der Waals surface area contributed by atoms with E-state index in [-0.39, 0.29) is 12.3 Å². The monoisotopic (exact) mass is 247 g/mol. The predicted molar refractivity (Wildman–Crippen MR) is 60.3 cm³/mol. The molecule has 0 aromatic heterocycles. The van der Waals surface area contributed by atoms with Crippen LogP contribution in [0.15, 0.2) is 0 Å². The molecule has 2 rings (SSSR count). The number of nitrogens with one attached hydrogen (secondary N) is 1. The van der Waals surface area contributed by atoms with Gasteiger partial charge in [0.05, 0.1) is 6.04 Å². The molecule has 6 nitrogen and oxygen atoms in total. The summed E-state index contributed by atoms with van der Waals surface area (Å²) in [6.07, 6.45) is 2.74. The minimum atomic E-state index is -0.721. The Kier molecular flexibility index (Phi) is 4.28. The van der Waals surface area contributed by atoms with Crippen molar-refractivity contribution in [1.82, 2.24) is 9.03 Å². The standard InChI is InChI=1S/C9H17N3O3S/c10-9(13)15-6-7-5-11-16-12(7)8-3-1-2-4-14-8/h7-8,11H,1-6H2,(H2,10,13). The van der Waals surface area contributed by atoms with Crippen molar-refractivity contribution in [3.63, 3.8) is 0 Å². The highest BCUT2D eigenvalue weighted by atomic mass is 32.2. The summed E-state index contributed by atoms with van der Waals surface area (Å²) in [6.45, 7) is 1.90. The minimum absolute atomic E-state index is 0.121. The lowest BCUT2D eigenvalue weighted by Crippen LogP contribution is -2.42. The van der Waals surface area contributed by atoms with Crippen LogP contribution in [0.4, 0.5) is 4.79 Å². The van der Waals surface area contributed by atoms with Gasteiger partial charge in [0.15, 0.2) is 0 Å². The van der Waals surface area contributed by atoms with Crippen LogP contribution in [0.5, 0.6) is 0 Å². The van der Waals surface area contributed by atoms with Gasteiger partial charge in [-0.15, -0.1) is 0 Å². The quantitative estimate of drug-likeness (QED) is 0.705. The van der Waals surface area contributed by atoms with Crippen LogP contribution >= 0.6 is 12.1 Å². The Morgan fingerprint density at radius 3 is 3.19 bits per heavy atom. The fourth-order valence-corrected chi connectivity index (χ4v) is 2.89. The van der Waals surface area contributed by atoms with Crippen LogP contribution in [0, 0.1) is 0 Å². The summed E-state index contributed by atoms with van der Waals surface area (Å²) in [5, 5.41) is 0. The van der Waals surface area contributed by atoms with Crippen LogP contribution in [0.1, 0.15) is 19.3 Å². The Hall–Kier alpha value is -0.500. The molecule has 16 heavy (non-hydrogen) atoms. The topological polar surface area (TPSA) is 76.8 Å².